The molecule has 1 saturated heterocycles. The molecule has 2 atom stereocenters. The van der Waals surface area contributed by atoms with Gasteiger partial charge >= 0.3 is 6.09 Å². The van der Waals surface area contributed by atoms with Gasteiger partial charge in [-0.2, -0.15) is 0 Å². The lowest BCUT2D eigenvalue weighted by atomic mass is 10.1. The fourth-order valence-electron chi connectivity index (χ4n) is 2.04. The van der Waals surface area contributed by atoms with Crippen molar-refractivity contribution in [3.05, 3.63) is 0 Å². The van der Waals surface area contributed by atoms with Crippen LogP contribution in [0.25, 0.3) is 0 Å². The van der Waals surface area contributed by atoms with E-state index < -0.39 is 17.7 Å². The summed E-state index contributed by atoms with van der Waals surface area (Å²) >= 11 is 0. The van der Waals surface area contributed by atoms with Crippen LogP contribution >= 0.6 is 0 Å². The van der Waals surface area contributed by atoms with Crippen LogP contribution in [0.3, 0.4) is 0 Å². The first-order valence-corrected chi connectivity index (χ1v) is 6.16. The number of ether oxygens (including phenoxy) is 1. The van der Waals surface area contributed by atoms with Gasteiger partial charge in [-0.05, 0) is 34.2 Å². The third kappa shape index (κ3) is 4.86. The number of hydrogen-bond donors (Lipinski definition) is 2. The van der Waals surface area contributed by atoms with Gasteiger partial charge in [0, 0.05) is 12.6 Å². The molecule has 1 heterocycles. The van der Waals surface area contributed by atoms with E-state index in [0.717, 1.165) is 0 Å². The van der Waals surface area contributed by atoms with Gasteiger partial charge in [-0.3, -0.25) is 19.8 Å². The molecule has 108 valence electrons. The second kappa shape index (κ2) is 6.01. The Morgan fingerprint density at radius 3 is 2.53 bits per heavy atom. The summed E-state index contributed by atoms with van der Waals surface area (Å²) in [4.78, 5) is 35.2. The third-order valence-corrected chi connectivity index (χ3v) is 2.77. The van der Waals surface area contributed by atoms with Crippen LogP contribution in [0.2, 0.25) is 0 Å². The molecule has 3 amide bonds. The molecule has 7 heteroatoms. The van der Waals surface area contributed by atoms with E-state index in [1.54, 1.807) is 32.7 Å². The molecule has 1 rings (SSSR count). The zero-order valence-electron chi connectivity index (χ0n) is 11.7. The van der Waals surface area contributed by atoms with E-state index >= 15 is 0 Å². The molecule has 0 aliphatic carbocycles. The van der Waals surface area contributed by atoms with E-state index in [1.165, 1.54) is 0 Å². The van der Waals surface area contributed by atoms with Gasteiger partial charge in [0.05, 0.1) is 6.04 Å². The molecule has 0 aromatic heterocycles. The van der Waals surface area contributed by atoms with E-state index in [1.807, 2.05) is 0 Å². The summed E-state index contributed by atoms with van der Waals surface area (Å²) in [5.41, 5.74) is -0.553. The average Bonchev–Trinajstić information content (AvgIpc) is 2.56. The highest BCUT2D eigenvalue weighted by Gasteiger charge is 2.35. The van der Waals surface area contributed by atoms with Crippen molar-refractivity contribution in [2.75, 3.05) is 13.6 Å². The predicted octanol–water partition coefficient (Wildman–Crippen LogP) is -0.144. The van der Waals surface area contributed by atoms with Crippen LogP contribution in [0.15, 0.2) is 0 Å². The van der Waals surface area contributed by atoms with Gasteiger partial charge in [0.1, 0.15) is 5.60 Å². The van der Waals surface area contributed by atoms with Crippen molar-refractivity contribution in [3.63, 3.8) is 0 Å². The highest BCUT2D eigenvalue weighted by atomic mass is 16.6. The summed E-state index contributed by atoms with van der Waals surface area (Å²) in [7, 11) is 1.77. The number of likely N-dealkylation sites (tertiary alicyclic amines) is 1. The highest BCUT2D eigenvalue weighted by Crippen LogP contribution is 2.16. The van der Waals surface area contributed by atoms with Crippen LogP contribution < -0.4 is 10.6 Å². The number of alkyl carbamates (subject to hydrolysis) is 1. The maximum atomic E-state index is 11.6. The van der Waals surface area contributed by atoms with Gasteiger partial charge in [-0.1, -0.05) is 0 Å². The van der Waals surface area contributed by atoms with E-state index in [0.29, 0.717) is 19.4 Å². The number of amides is 3. The van der Waals surface area contributed by atoms with Crippen LogP contribution in [-0.4, -0.2) is 54.6 Å². The van der Waals surface area contributed by atoms with E-state index in [4.69, 9.17) is 4.74 Å². The first-order chi connectivity index (χ1) is 8.73. The lowest BCUT2D eigenvalue weighted by Gasteiger charge is -2.21. The second-order valence-electron chi connectivity index (χ2n) is 5.66. The van der Waals surface area contributed by atoms with Crippen LogP contribution in [0, 0.1) is 0 Å². The minimum atomic E-state index is -0.553. The SMILES string of the molecule is CN1CC(NC(=O)OC(C)(C)C)CC1C(=O)NC=O. The van der Waals surface area contributed by atoms with Gasteiger partial charge in [-0.15, -0.1) is 0 Å². The summed E-state index contributed by atoms with van der Waals surface area (Å²) < 4.78 is 5.15. The zero-order valence-corrected chi connectivity index (χ0v) is 11.7. The number of nitrogens with zero attached hydrogens (tertiary/aromatic N) is 1. The molecule has 1 aliphatic heterocycles. The molecule has 7 nitrogen and oxygen atoms in total. The van der Waals surface area contributed by atoms with Crippen molar-refractivity contribution in [2.45, 2.75) is 44.9 Å². The summed E-state index contributed by atoms with van der Waals surface area (Å²) in [5, 5.41) is 4.85. The number of likely N-dealkylation sites (N-methyl/N-ethyl adjacent to an activating group) is 1. The maximum Gasteiger partial charge on any atom is 0.407 e. The number of carbonyl (C=O) groups excluding carboxylic acids is 3. The van der Waals surface area contributed by atoms with E-state index in [9.17, 15) is 14.4 Å². The monoisotopic (exact) mass is 271 g/mol. The number of imide groups is 1. The Labute approximate surface area is 112 Å². The van der Waals surface area contributed by atoms with Gasteiger partial charge in [0.15, 0.2) is 0 Å². The highest BCUT2D eigenvalue weighted by molar-refractivity contribution is 5.90. The fraction of sp³-hybridized carbons (Fsp3) is 0.750. The largest absolute Gasteiger partial charge is 0.444 e. The minimum absolute atomic E-state index is 0.165. The molecule has 0 aromatic rings. The van der Waals surface area contributed by atoms with Gasteiger partial charge in [0.25, 0.3) is 0 Å². The van der Waals surface area contributed by atoms with Gasteiger partial charge in [0.2, 0.25) is 12.3 Å². The molecule has 0 saturated carbocycles. The van der Waals surface area contributed by atoms with Gasteiger partial charge in [-0.25, -0.2) is 4.79 Å². The molecule has 0 spiro atoms. The van der Waals surface area contributed by atoms with E-state index in [-0.39, 0.29) is 11.9 Å². The van der Waals surface area contributed by atoms with Crippen LogP contribution in [0.1, 0.15) is 27.2 Å². The molecule has 19 heavy (non-hydrogen) atoms. The molecule has 1 fully saturated rings. The maximum absolute atomic E-state index is 11.6. The zero-order chi connectivity index (χ0) is 14.6. The quantitative estimate of drug-likeness (QED) is 0.697. The van der Waals surface area contributed by atoms with Crippen molar-refractivity contribution >= 4 is 18.4 Å². The Balaban J connectivity index is 2.48. The first kappa shape index (κ1) is 15.4. The average molecular weight is 271 g/mol. The summed E-state index contributed by atoms with van der Waals surface area (Å²) in [6.07, 6.45) is 0.322. The molecule has 0 radical (unpaired) electrons. The summed E-state index contributed by atoms with van der Waals surface area (Å²) in [6, 6.07) is -0.576. The smallest absolute Gasteiger partial charge is 0.407 e. The summed E-state index contributed by atoms with van der Waals surface area (Å²) in [6.45, 7) is 5.89. The molecule has 2 N–H and O–H groups in total. The normalized spacial score (nSPS) is 23.8. The second-order valence-corrected chi connectivity index (χ2v) is 5.66. The Morgan fingerprint density at radius 1 is 1.37 bits per heavy atom. The lowest BCUT2D eigenvalue weighted by Crippen LogP contribution is -2.40. The fourth-order valence-corrected chi connectivity index (χ4v) is 2.04. The van der Waals surface area contributed by atoms with Crippen molar-refractivity contribution in [2.24, 2.45) is 0 Å². The van der Waals surface area contributed by atoms with Crippen LogP contribution in [0.4, 0.5) is 4.79 Å². The molecular formula is C12H21N3O4. The van der Waals surface area contributed by atoms with Crippen molar-refractivity contribution in [1.29, 1.82) is 0 Å². The molecule has 0 aromatic carbocycles. The van der Waals surface area contributed by atoms with Gasteiger partial charge < -0.3 is 10.1 Å². The lowest BCUT2D eigenvalue weighted by molar-refractivity contribution is -0.128. The first-order valence-electron chi connectivity index (χ1n) is 6.16. The Bertz CT molecular complexity index is 364. The Kier molecular flexibility index (Phi) is 4.88. The summed E-state index contributed by atoms with van der Waals surface area (Å²) in [5.74, 6) is -0.356. The predicted molar refractivity (Wildman–Crippen MR) is 68.4 cm³/mol. The molecule has 1 aliphatic rings. The van der Waals surface area contributed by atoms with E-state index in [2.05, 4.69) is 10.6 Å². The third-order valence-electron chi connectivity index (χ3n) is 2.77. The van der Waals surface area contributed by atoms with Crippen molar-refractivity contribution in [1.82, 2.24) is 15.5 Å². The number of carbonyl (C=O) groups is 3. The Hall–Kier alpha value is -1.63. The van der Waals surface area contributed by atoms with Crippen LogP contribution in [-0.2, 0) is 14.3 Å². The molecular weight excluding hydrogens is 250 g/mol. The van der Waals surface area contributed by atoms with Crippen molar-refractivity contribution in [3.8, 4) is 0 Å². The standard InChI is InChI=1S/C12H21N3O4/c1-12(2,3)19-11(18)14-8-5-9(15(4)6-8)10(17)13-7-16/h7-9H,5-6H2,1-4H3,(H,14,18)(H,13,16,17). The number of rotatable bonds is 3. The molecule has 2 unspecified atom stereocenters. The number of hydrogen-bond acceptors (Lipinski definition) is 5. The Morgan fingerprint density at radius 2 is 2.00 bits per heavy atom. The van der Waals surface area contributed by atoms with Crippen LogP contribution in [0.5, 0.6) is 0 Å². The topological polar surface area (TPSA) is 87.7 Å². The molecule has 0 bridgehead atoms. The number of nitrogens with one attached hydrogen (secondary N) is 2. The minimum Gasteiger partial charge on any atom is -0.444 e. The van der Waals surface area contributed by atoms with Crippen molar-refractivity contribution < 1.29 is 19.1 Å².